The molecule has 0 bridgehead atoms. The average molecular weight is 493 g/mol. The van der Waals surface area contributed by atoms with Crippen molar-refractivity contribution in [2.24, 2.45) is 5.92 Å². The highest BCUT2D eigenvalue weighted by molar-refractivity contribution is 8.01. The van der Waals surface area contributed by atoms with Gasteiger partial charge >= 0.3 is 0 Å². The lowest BCUT2D eigenvalue weighted by molar-refractivity contribution is -0.141. The van der Waals surface area contributed by atoms with Gasteiger partial charge in [0.15, 0.2) is 5.25 Å². The molecule has 35 heavy (non-hydrogen) atoms. The zero-order chi connectivity index (χ0) is 24.5. The number of hydrogen-bond acceptors (Lipinski definition) is 5. The van der Waals surface area contributed by atoms with Gasteiger partial charge in [-0.25, -0.2) is 0 Å². The number of fused-ring (bicyclic) bond motifs is 1. The summed E-state index contributed by atoms with van der Waals surface area (Å²) in [6, 6.07) is 14.1. The van der Waals surface area contributed by atoms with Gasteiger partial charge in [-0.1, -0.05) is 24.3 Å². The van der Waals surface area contributed by atoms with Crippen LogP contribution in [0.2, 0.25) is 0 Å². The Balaban J connectivity index is 1.13. The predicted octanol–water partition coefficient (Wildman–Crippen LogP) is 3.30. The van der Waals surface area contributed by atoms with E-state index in [2.05, 4.69) is 42.3 Å². The molecule has 1 atom stereocenters. The minimum absolute atomic E-state index is 0.0557. The zero-order valence-corrected chi connectivity index (χ0v) is 21.1. The number of thioether (sulfide) groups is 1. The Kier molecular flexibility index (Phi) is 6.73. The molecule has 2 fully saturated rings. The van der Waals surface area contributed by atoms with Crippen molar-refractivity contribution in [3.8, 4) is 0 Å². The van der Waals surface area contributed by atoms with Crippen LogP contribution in [0.5, 0.6) is 0 Å². The first-order chi connectivity index (χ1) is 16.9. The van der Waals surface area contributed by atoms with Crippen LogP contribution in [0.3, 0.4) is 0 Å². The van der Waals surface area contributed by atoms with E-state index in [0.717, 1.165) is 36.8 Å². The largest absolute Gasteiger partial charge is 0.368 e. The first kappa shape index (κ1) is 23.7. The molecule has 2 saturated heterocycles. The van der Waals surface area contributed by atoms with E-state index in [1.54, 1.807) is 4.90 Å². The van der Waals surface area contributed by atoms with Crippen molar-refractivity contribution in [1.29, 1.82) is 0 Å². The Labute approximate surface area is 210 Å². The second-order valence-corrected chi connectivity index (χ2v) is 10.8. The SMILES string of the molecule is Cc1ccc(C)c(N2CCN(C(=O)C3CCN(C(=O)[C@@H]4Sc5ccccc5NC4=O)CC3)CC2)c1. The number of amides is 3. The number of nitrogens with zero attached hydrogens (tertiary/aromatic N) is 3. The monoisotopic (exact) mass is 492 g/mol. The fourth-order valence-corrected chi connectivity index (χ4v) is 6.29. The van der Waals surface area contributed by atoms with Crippen LogP contribution in [0.25, 0.3) is 0 Å². The minimum Gasteiger partial charge on any atom is -0.368 e. The maximum Gasteiger partial charge on any atom is 0.247 e. The number of nitrogens with one attached hydrogen (secondary N) is 1. The highest BCUT2D eigenvalue weighted by Gasteiger charge is 2.38. The molecule has 0 radical (unpaired) electrons. The van der Waals surface area contributed by atoms with Gasteiger partial charge in [-0.3, -0.25) is 14.4 Å². The van der Waals surface area contributed by atoms with Gasteiger partial charge in [-0.15, -0.1) is 11.8 Å². The van der Waals surface area contributed by atoms with Crippen LogP contribution in [0.15, 0.2) is 47.4 Å². The molecule has 184 valence electrons. The summed E-state index contributed by atoms with van der Waals surface area (Å²) in [5, 5.41) is 2.08. The first-order valence-electron chi connectivity index (χ1n) is 12.4. The standard InChI is InChI=1S/C27H32N4O3S/c1-18-7-8-19(2)22(17-18)29-13-15-31(16-14-29)26(33)20-9-11-30(12-10-20)27(34)24-25(32)28-21-5-3-4-6-23(21)35-24/h3-8,17,20,24H,9-16H2,1-2H3,(H,28,32)/t24-/m1/s1. The Morgan fingerprint density at radius 1 is 0.886 bits per heavy atom. The molecule has 0 spiro atoms. The van der Waals surface area contributed by atoms with E-state index in [-0.39, 0.29) is 23.6 Å². The van der Waals surface area contributed by atoms with Crippen LogP contribution >= 0.6 is 11.8 Å². The van der Waals surface area contributed by atoms with Crippen LogP contribution in [-0.2, 0) is 14.4 Å². The zero-order valence-electron chi connectivity index (χ0n) is 20.3. The van der Waals surface area contributed by atoms with Crippen molar-refractivity contribution in [3.05, 3.63) is 53.6 Å². The van der Waals surface area contributed by atoms with E-state index >= 15 is 0 Å². The number of hydrogen-bond donors (Lipinski definition) is 1. The molecule has 3 heterocycles. The molecule has 0 aromatic heterocycles. The molecule has 5 rings (SSSR count). The van der Waals surface area contributed by atoms with Crippen molar-refractivity contribution in [2.45, 2.75) is 36.8 Å². The van der Waals surface area contributed by atoms with Crippen molar-refractivity contribution in [3.63, 3.8) is 0 Å². The number of piperazine rings is 1. The quantitative estimate of drug-likeness (QED) is 0.666. The Hall–Kier alpha value is -3.00. The Bertz CT molecular complexity index is 1140. The summed E-state index contributed by atoms with van der Waals surface area (Å²) in [4.78, 5) is 45.9. The highest BCUT2D eigenvalue weighted by atomic mass is 32.2. The van der Waals surface area contributed by atoms with E-state index in [1.807, 2.05) is 29.2 Å². The summed E-state index contributed by atoms with van der Waals surface area (Å²) in [7, 11) is 0. The fraction of sp³-hybridized carbons (Fsp3) is 0.444. The Morgan fingerprint density at radius 2 is 1.57 bits per heavy atom. The Morgan fingerprint density at radius 3 is 2.31 bits per heavy atom. The van der Waals surface area contributed by atoms with E-state index in [0.29, 0.717) is 25.9 Å². The molecular formula is C27H32N4O3S. The third-order valence-corrected chi connectivity index (χ3v) is 8.57. The van der Waals surface area contributed by atoms with Crippen LogP contribution in [0, 0.1) is 19.8 Å². The number of carbonyl (C=O) groups excluding carboxylic acids is 3. The van der Waals surface area contributed by atoms with Crippen molar-refractivity contribution < 1.29 is 14.4 Å². The molecule has 3 aliphatic heterocycles. The van der Waals surface area contributed by atoms with Crippen molar-refractivity contribution >= 4 is 40.9 Å². The van der Waals surface area contributed by atoms with Gasteiger partial charge in [-0.2, -0.15) is 0 Å². The summed E-state index contributed by atoms with van der Waals surface area (Å²) in [6.07, 6.45) is 1.30. The second kappa shape index (κ2) is 9.93. The lowest BCUT2D eigenvalue weighted by Gasteiger charge is -2.40. The van der Waals surface area contributed by atoms with E-state index in [9.17, 15) is 14.4 Å². The summed E-state index contributed by atoms with van der Waals surface area (Å²) < 4.78 is 0. The van der Waals surface area contributed by atoms with Crippen LogP contribution in [0.1, 0.15) is 24.0 Å². The predicted molar refractivity (Wildman–Crippen MR) is 139 cm³/mol. The number of aryl methyl sites for hydroxylation is 2. The number of likely N-dealkylation sites (tertiary alicyclic amines) is 1. The molecular weight excluding hydrogens is 460 g/mol. The maximum absolute atomic E-state index is 13.2. The lowest BCUT2D eigenvalue weighted by Crippen LogP contribution is -2.53. The number of para-hydroxylation sites is 1. The van der Waals surface area contributed by atoms with Crippen molar-refractivity contribution in [2.75, 3.05) is 49.5 Å². The summed E-state index contributed by atoms with van der Waals surface area (Å²) in [5.41, 5.74) is 4.53. The van der Waals surface area contributed by atoms with E-state index in [4.69, 9.17) is 0 Å². The number of anilines is 2. The molecule has 8 heteroatoms. The summed E-state index contributed by atoms with van der Waals surface area (Å²) >= 11 is 1.31. The van der Waals surface area contributed by atoms with Gasteiger partial charge in [0.05, 0.1) is 5.69 Å². The number of rotatable bonds is 3. The topological polar surface area (TPSA) is 73.0 Å². The van der Waals surface area contributed by atoms with Crippen LogP contribution in [0.4, 0.5) is 11.4 Å². The van der Waals surface area contributed by atoms with Gasteiger partial charge in [0.2, 0.25) is 17.7 Å². The number of carbonyl (C=O) groups is 3. The highest BCUT2D eigenvalue weighted by Crippen LogP contribution is 2.36. The smallest absolute Gasteiger partial charge is 0.247 e. The molecule has 2 aromatic carbocycles. The van der Waals surface area contributed by atoms with Gasteiger partial charge in [-0.05, 0) is 56.0 Å². The first-order valence-corrected chi connectivity index (χ1v) is 13.2. The molecule has 0 unspecified atom stereocenters. The fourth-order valence-electron chi connectivity index (χ4n) is 5.21. The van der Waals surface area contributed by atoms with Gasteiger partial charge in [0.1, 0.15) is 0 Å². The molecule has 1 N–H and O–H groups in total. The van der Waals surface area contributed by atoms with Crippen LogP contribution < -0.4 is 10.2 Å². The summed E-state index contributed by atoms with van der Waals surface area (Å²) in [6.45, 7) is 8.40. The molecule has 2 aromatic rings. The van der Waals surface area contributed by atoms with Gasteiger partial charge < -0.3 is 20.0 Å². The van der Waals surface area contributed by atoms with Crippen LogP contribution in [-0.4, -0.2) is 72.0 Å². The van der Waals surface area contributed by atoms with E-state index in [1.165, 1.54) is 28.6 Å². The average Bonchev–Trinajstić information content (AvgIpc) is 2.89. The molecule has 7 nitrogen and oxygen atoms in total. The maximum atomic E-state index is 13.2. The molecule has 3 amide bonds. The molecule has 0 aliphatic carbocycles. The van der Waals surface area contributed by atoms with Crippen molar-refractivity contribution in [1.82, 2.24) is 9.80 Å². The third kappa shape index (κ3) is 4.89. The van der Waals surface area contributed by atoms with Gasteiger partial charge in [0, 0.05) is 55.8 Å². The van der Waals surface area contributed by atoms with Gasteiger partial charge in [0.25, 0.3) is 0 Å². The summed E-state index contributed by atoms with van der Waals surface area (Å²) in [5.74, 6) is -0.273. The number of piperidine rings is 1. The second-order valence-electron chi connectivity index (χ2n) is 9.69. The lowest BCUT2D eigenvalue weighted by atomic mass is 9.94. The molecule has 3 aliphatic rings. The third-order valence-electron chi connectivity index (χ3n) is 7.30. The molecule has 0 saturated carbocycles. The minimum atomic E-state index is -0.768. The van der Waals surface area contributed by atoms with E-state index < -0.39 is 5.25 Å². The number of benzene rings is 2. The normalized spacial score (nSPS) is 20.9.